The fraction of sp³-hybridized carbons (Fsp3) is 0.111. The van der Waals surface area contributed by atoms with E-state index in [1.165, 1.54) is 0 Å². The molecule has 1 aromatic heterocycles. The van der Waals surface area contributed by atoms with Crippen molar-refractivity contribution in [1.82, 2.24) is 4.98 Å². The van der Waals surface area contributed by atoms with Crippen molar-refractivity contribution >= 4 is 16.9 Å². The Bertz CT molecular complexity index is 824. The number of hydrogen-bond donors (Lipinski definition) is 1. The summed E-state index contributed by atoms with van der Waals surface area (Å²) in [7, 11) is 0. The summed E-state index contributed by atoms with van der Waals surface area (Å²) in [4.78, 5) is 15.7. The van der Waals surface area contributed by atoms with Crippen LogP contribution in [0.4, 0.5) is 0 Å². The molecule has 1 heterocycles. The molecule has 0 aliphatic heterocycles. The fourth-order valence-electron chi connectivity index (χ4n) is 2.40. The summed E-state index contributed by atoms with van der Waals surface area (Å²) < 4.78 is 0. The standard InChI is InChI=1S/C18H15NO2/c1-12-6-7-14(18(20)21)10-15(12)11-16-9-8-13-4-2-3-5-17(13)19-16/h2-10H,11H2,1H3,(H,20,21). The number of carboxylic acid groups (broad SMARTS) is 1. The molecule has 3 nitrogen and oxygen atoms in total. The Morgan fingerprint density at radius 1 is 1.10 bits per heavy atom. The van der Waals surface area contributed by atoms with E-state index < -0.39 is 5.97 Å². The molecule has 1 N–H and O–H groups in total. The van der Waals surface area contributed by atoms with E-state index in [1.54, 1.807) is 12.1 Å². The zero-order valence-electron chi connectivity index (χ0n) is 11.7. The first kappa shape index (κ1) is 13.3. The number of para-hydroxylation sites is 1. The molecular weight excluding hydrogens is 262 g/mol. The Labute approximate surface area is 122 Å². The number of benzene rings is 2. The maximum Gasteiger partial charge on any atom is 0.335 e. The number of aryl methyl sites for hydroxylation is 1. The summed E-state index contributed by atoms with van der Waals surface area (Å²) in [6, 6.07) is 17.2. The van der Waals surface area contributed by atoms with Crippen LogP contribution in [0, 0.1) is 6.92 Å². The number of aromatic carboxylic acids is 1. The molecule has 0 saturated carbocycles. The summed E-state index contributed by atoms with van der Waals surface area (Å²) in [5.41, 5.74) is 4.30. The predicted molar refractivity (Wildman–Crippen MR) is 82.7 cm³/mol. The Kier molecular flexibility index (Phi) is 3.40. The summed E-state index contributed by atoms with van der Waals surface area (Å²) in [6.07, 6.45) is 0.637. The van der Waals surface area contributed by atoms with Crippen LogP contribution < -0.4 is 0 Å². The normalized spacial score (nSPS) is 10.7. The number of nitrogens with zero attached hydrogens (tertiary/aromatic N) is 1. The molecule has 0 fully saturated rings. The van der Waals surface area contributed by atoms with Crippen molar-refractivity contribution in [3.8, 4) is 0 Å². The van der Waals surface area contributed by atoms with Gasteiger partial charge in [-0.3, -0.25) is 4.98 Å². The first-order chi connectivity index (χ1) is 10.1. The third-order valence-electron chi connectivity index (χ3n) is 3.62. The van der Waals surface area contributed by atoms with Gasteiger partial charge in [-0.15, -0.1) is 0 Å². The highest BCUT2D eigenvalue weighted by Crippen LogP contribution is 2.18. The summed E-state index contributed by atoms with van der Waals surface area (Å²) in [5.74, 6) is -0.900. The van der Waals surface area contributed by atoms with Crippen molar-refractivity contribution in [3.05, 3.63) is 77.0 Å². The second-order valence-corrected chi connectivity index (χ2v) is 5.12. The van der Waals surface area contributed by atoms with Crippen molar-refractivity contribution in [2.45, 2.75) is 13.3 Å². The first-order valence-corrected chi connectivity index (χ1v) is 6.81. The number of aromatic nitrogens is 1. The van der Waals surface area contributed by atoms with Crippen LogP contribution in [0.15, 0.2) is 54.6 Å². The van der Waals surface area contributed by atoms with E-state index >= 15 is 0 Å². The number of hydrogen-bond acceptors (Lipinski definition) is 2. The Morgan fingerprint density at radius 2 is 1.90 bits per heavy atom. The quantitative estimate of drug-likeness (QED) is 0.791. The van der Waals surface area contributed by atoms with Gasteiger partial charge in [0.2, 0.25) is 0 Å². The second kappa shape index (κ2) is 5.37. The van der Waals surface area contributed by atoms with E-state index in [4.69, 9.17) is 5.11 Å². The lowest BCUT2D eigenvalue weighted by molar-refractivity contribution is 0.0697. The zero-order chi connectivity index (χ0) is 14.8. The molecule has 0 amide bonds. The molecule has 2 aromatic carbocycles. The highest BCUT2D eigenvalue weighted by Gasteiger charge is 2.08. The number of rotatable bonds is 3. The fourth-order valence-corrected chi connectivity index (χ4v) is 2.40. The van der Waals surface area contributed by atoms with E-state index in [0.717, 1.165) is 27.7 Å². The molecule has 0 aliphatic carbocycles. The topological polar surface area (TPSA) is 50.2 Å². The molecule has 0 spiro atoms. The Morgan fingerprint density at radius 3 is 2.71 bits per heavy atom. The van der Waals surface area contributed by atoms with E-state index in [1.807, 2.05) is 49.4 Å². The van der Waals surface area contributed by atoms with Gasteiger partial charge in [-0.25, -0.2) is 4.79 Å². The van der Waals surface area contributed by atoms with Crippen LogP contribution in [0.25, 0.3) is 10.9 Å². The van der Waals surface area contributed by atoms with Crippen LogP contribution >= 0.6 is 0 Å². The van der Waals surface area contributed by atoms with Crippen molar-refractivity contribution in [3.63, 3.8) is 0 Å². The van der Waals surface area contributed by atoms with Gasteiger partial charge in [0.25, 0.3) is 0 Å². The minimum absolute atomic E-state index is 0.316. The third kappa shape index (κ3) is 2.77. The lowest BCUT2D eigenvalue weighted by Crippen LogP contribution is -2.01. The van der Waals surface area contributed by atoms with E-state index in [9.17, 15) is 4.79 Å². The van der Waals surface area contributed by atoms with Crippen molar-refractivity contribution in [2.24, 2.45) is 0 Å². The van der Waals surface area contributed by atoms with E-state index in [0.29, 0.717) is 12.0 Å². The maximum atomic E-state index is 11.1. The summed E-state index contributed by atoms with van der Waals surface area (Å²) in [6.45, 7) is 1.99. The molecule has 3 heteroatoms. The average molecular weight is 277 g/mol. The van der Waals surface area contributed by atoms with Gasteiger partial charge < -0.3 is 5.11 Å². The lowest BCUT2D eigenvalue weighted by Gasteiger charge is -2.08. The van der Waals surface area contributed by atoms with Crippen LogP contribution in [-0.4, -0.2) is 16.1 Å². The average Bonchev–Trinajstić information content (AvgIpc) is 2.49. The van der Waals surface area contributed by atoms with Crippen LogP contribution in [0.5, 0.6) is 0 Å². The first-order valence-electron chi connectivity index (χ1n) is 6.81. The molecule has 3 aromatic rings. The number of pyridine rings is 1. The molecule has 0 saturated heterocycles. The summed E-state index contributed by atoms with van der Waals surface area (Å²) >= 11 is 0. The number of carbonyl (C=O) groups is 1. The lowest BCUT2D eigenvalue weighted by atomic mass is 10.0. The van der Waals surface area contributed by atoms with Crippen LogP contribution in [0.2, 0.25) is 0 Å². The molecular formula is C18H15NO2. The van der Waals surface area contributed by atoms with E-state index in [-0.39, 0.29) is 0 Å². The van der Waals surface area contributed by atoms with Crippen molar-refractivity contribution in [2.75, 3.05) is 0 Å². The minimum atomic E-state index is -0.900. The predicted octanol–water partition coefficient (Wildman–Crippen LogP) is 3.83. The monoisotopic (exact) mass is 277 g/mol. The van der Waals surface area contributed by atoms with Crippen LogP contribution in [-0.2, 0) is 6.42 Å². The van der Waals surface area contributed by atoms with Gasteiger partial charge in [0, 0.05) is 17.5 Å². The zero-order valence-corrected chi connectivity index (χ0v) is 11.7. The molecule has 0 atom stereocenters. The van der Waals surface area contributed by atoms with Gasteiger partial charge in [-0.1, -0.05) is 30.3 Å². The molecule has 21 heavy (non-hydrogen) atoms. The van der Waals surface area contributed by atoms with Gasteiger partial charge >= 0.3 is 5.97 Å². The molecule has 0 bridgehead atoms. The molecule has 0 aliphatic rings. The van der Waals surface area contributed by atoms with Gasteiger partial charge in [0.05, 0.1) is 11.1 Å². The molecule has 0 unspecified atom stereocenters. The van der Waals surface area contributed by atoms with Gasteiger partial charge in [0.15, 0.2) is 0 Å². The van der Waals surface area contributed by atoms with Crippen LogP contribution in [0.1, 0.15) is 27.2 Å². The second-order valence-electron chi connectivity index (χ2n) is 5.12. The number of fused-ring (bicyclic) bond motifs is 1. The molecule has 0 radical (unpaired) electrons. The van der Waals surface area contributed by atoms with Crippen LogP contribution in [0.3, 0.4) is 0 Å². The third-order valence-corrected chi connectivity index (χ3v) is 3.62. The highest BCUT2D eigenvalue weighted by atomic mass is 16.4. The van der Waals surface area contributed by atoms with E-state index in [2.05, 4.69) is 4.98 Å². The van der Waals surface area contributed by atoms with Crippen molar-refractivity contribution in [1.29, 1.82) is 0 Å². The SMILES string of the molecule is Cc1ccc(C(=O)O)cc1Cc1ccc2ccccc2n1. The van der Waals surface area contributed by atoms with Crippen molar-refractivity contribution < 1.29 is 9.90 Å². The Balaban J connectivity index is 1.98. The molecule has 3 rings (SSSR count). The van der Waals surface area contributed by atoms with Gasteiger partial charge in [0.1, 0.15) is 0 Å². The summed E-state index contributed by atoms with van der Waals surface area (Å²) in [5, 5.41) is 10.2. The maximum absolute atomic E-state index is 11.1. The highest BCUT2D eigenvalue weighted by molar-refractivity contribution is 5.88. The smallest absolute Gasteiger partial charge is 0.335 e. The minimum Gasteiger partial charge on any atom is -0.478 e. The number of carboxylic acids is 1. The molecule has 104 valence electrons. The largest absolute Gasteiger partial charge is 0.478 e. The van der Waals surface area contributed by atoms with Gasteiger partial charge in [-0.2, -0.15) is 0 Å². The van der Waals surface area contributed by atoms with Gasteiger partial charge in [-0.05, 0) is 42.3 Å². The Hall–Kier alpha value is -2.68.